The zero-order chi connectivity index (χ0) is 19.4. The van der Waals surface area contributed by atoms with Crippen molar-refractivity contribution < 1.29 is 9.53 Å². The first-order valence-electron chi connectivity index (χ1n) is 8.84. The summed E-state index contributed by atoms with van der Waals surface area (Å²) in [5.41, 5.74) is 0.974. The molecule has 144 valence electrons. The van der Waals surface area contributed by atoms with Crippen LogP contribution in [0.5, 0.6) is 0 Å². The van der Waals surface area contributed by atoms with Crippen molar-refractivity contribution in [1.82, 2.24) is 19.7 Å². The molecule has 8 heteroatoms. The summed E-state index contributed by atoms with van der Waals surface area (Å²) in [6.45, 7) is 9.67. The SMILES string of the molecule is C=CCn1c(SCC(=O)N2CC(C)OC(C)C2)nnc1-c1ccc(Br)cc1. The van der Waals surface area contributed by atoms with Crippen LogP contribution >= 0.6 is 27.7 Å². The second-order valence-corrected chi connectivity index (χ2v) is 8.42. The van der Waals surface area contributed by atoms with Gasteiger partial charge in [-0.3, -0.25) is 9.36 Å². The number of amides is 1. The molecule has 1 saturated heterocycles. The van der Waals surface area contributed by atoms with Crippen LogP contribution in [0, 0.1) is 0 Å². The normalized spacial score (nSPS) is 19.9. The number of aromatic nitrogens is 3. The molecule has 27 heavy (non-hydrogen) atoms. The quantitative estimate of drug-likeness (QED) is 0.496. The molecular formula is C19H23BrN4O2S. The first kappa shape index (κ1) is 20.1. The van der Waals surface area contributed by atoms with Gasteiger partial charge < -0.3 is 9.64 Å². The predicted octanol–water partition coefficient (Wildman–Crippen LogP) is 3.62. The van der Waals surface area contributed by atoms with Gasteiger partial charge in [-0.05, 0) is 26.0 Å². The molecular weight excluding hydrogens is 428 g/mol. The van der Waals surface area contributed by atoms with Crippen LogP contribution < -0.4 is 0 Å². The second kappa shape index (κ2) is 9.03. The van der Waals surface area contributed by atoms with E-state index in [0.717, 1.165) is 21.0 Å². The van der Waals surface area contributed by atoms with Crippen LogP contribution in [-0.2, 0) is 16.1 Å². The summed E-state index contributed by atoms with van der Waals surface area (Å²) in [6.07, 6.45) is 1.94. The molecule has 2 aromatic rings. The van der Waals surface area contributed by atoms with Crippen LogP contribution in [0.4, 0.5) is 0 Å². The van der Waals surface area contributed by atoms with Gasteiger partial charge in [0.15, 0.2) is 11.0 Å². The largest absolute Gasteiger partial charge is 0.372 e. The smallest absolute Gasteiger partial charge is 0.233 e. The van der Waals surface area contributed by atoms with Crippen molar-refractivity contribution in [3.05, 3.63) is 41.4 Å². The van der Waals surface area contributed by atoms with Crippen LogP contribution in [0.15, 0.2) is 46.5 Å². The third kappa shape index (κ3) is 5.00. The van der Waals surface area contributed by atoms with Gasteiger partial charge >= 0.3 is 0 Å². The number of ether oxygens (including phenoxy) is 1. The summed E-state index contributed by atoms with van der Waals surface area (Å²) < 4.78 is 8.69. The van der Waals surface area contributed by atoms with Gasteiger partial charge in [0.1, 0.15) is 0 Å². The molecule has 1 aromatic heterocycles. The second-order valence-electron chi connectivity index (χ2n) is 6.56. The average molecular weight is 451 g/mol. The predicted molar refractivity (Wildman–Crippen MR) is 111 cm³/mol. The summed E-state index contributed by atoms with van der Waals surface area (Å²) in [5.74, 6) is 1.20. The highest BCUT2D eigenvalue weighted by atomic mass is 79.9. The van der Waals surface area contributed by atoms with E-state index >= 15 is 0 Å². The Morgan fingerprint density at radius 2 is 1.96 bits per heavy atom. The molecule has 1 aromatic carbocycles. The number of thioether (sulfide) groups is 1. The Kier molecular flexibility index (Phi) is 6.73. The molecule has 0 radical (unpaired) electrons. The number of hydrogen-bond donors (Lipinski definition) is 0. The number of benzene rings is 1. The molecule has 2 heterocycles. The molecule has 2 atom stereocenters. The lowest BCUT2D eigenvalue weighted by atomic mass is 10.2. The molecule has 1 amide bonds. The number of allylic oxidation sites excluding steroid dienone is 1. The minimum Gasteiger partial charge on any atom is -0.372 e. The molecule has 6 nitrogen and oxygen atoms in total. The van der Waals surface area contributed by atoms with E-state index < -0.39 is 0 Å². The summed E-state index contributed by atoms with van der Waals surface area (Å²) in [5, 5.41) is 9.35. The molecule has 1 fully saturated rings. The summed E-state index contributed by atoms with van der Waals surface area (Å²) >= 11 is 4.86. The highest BCUT2D eigenvalue weighted by Gasteiger charge is 2.26. The van der Waals surface area contributed by atoms with Gasteiger partial charge in [-0.15, -0.1) is 16.8 Å². The number of nitrogens with zero attached hydrogens (tertiary/aromatic N) is 4. The molecule has 0 spiro atoms. The van der Waals surface area contributed by atoms with Crippen molar-refractivity contribution in [3.63, 3.8) is 0 Å². The zero-order valence-corrected chi connectivity index (χ0v) is 17.9. The molecule has 0 saturated carbocycles. The van der Waals surface area contributed by atoms with E-state index in [9.17, 15) is 4.79 Å². The highest BCUT2D eigenvalue weighted by molar-refractivity contribution is 9.10. The van der Waals surface area contributed by atoms with Crippen LogP contribution in [0.2, 0.25) is 0 Å². The molecule has 0 bridgehead atoms. The molecule has 1 aliphatic rings. The number of morpholine rings is 1. The summed E-state index contributed by atoms with van der Waals surface area (Å²) in [7, 11) is 0. The van der Waals surface area contributed by atoms with Crippen molar-refractivity contribution in [1.29, 1.82) is 0 Å². The van der Waals surface area contributed by atoms with E-state index in [4.69, 9.17) is 4.74 Å². The fourth-order valence-electron chi connectivity index (χ4n) is 3.10. The summed E-state index contributed by atoms with van der Waals surface area (Å²) in [4.78, 5) is 14.5. The van der Waals surface area contributed by atoms with Crippen molar-refractivity contribution >= 4 is 33.6 Å². The maximum absolute atomic E-state index is 12.6. The molecule has 3 rings (SSSR count). The third-order valence-electron chi connectivity index (χ3n) is 4.23. The Balaban J connectivity index is 1.72. The van der Waals surface area contributed by atoms with Crippen LogP contribution in [0.3, 0.4) is 0 Å². The fourth-order valence-corrected chi connectivity index (χ4v) is 4.22. The van der Waals surface area contributed by atoms with Crippen LogP contribution in [0.25, 0.3) is 11.4 Å². The van der Waals surface area contributed by atoms with Gasteiger partial charge in [0, 0.05) is 29.7 Å². The Morgan fingerprint density at radius 3 is 2.59 bits per heavy atom. The molecule has 0 aliphatic carbocycles. The van der Waals surface area contributed by atoms with E-state index in [0.29, 0.717) is 25.4 Å². The van der Waals surface area contributed by atoms with E-state index in [1.807, 2.05) is 53.7 Å². The molecule has 0 N–H and O–H groups in total. The number of carbonyl (C=O) groups excluding carboxylic acids is 1. The lowest BCUT2D eigenvalue weighted by Gasteiger charge is -2.35. The number of carbonyl (C=O) groups is 1. The van der Waals surface area contributed by atoms with Gasteiger partial charge in [0.05, 0.1) is 18.0 Å². The van der Waals surface area contributed by atoms with Crippen molar-refractivity contribution in [2.45, 2.75) is 37.8 Å². The zero-order valence-electron chi connectivity index (χ0n) is 15.5. The van der Waals surface area contributed by atoms with Crippen LogP contribution in [0.1, 0.15) is 13.8 Å². The minimum absolute atomic E-state index is 0.0659. The third-order valence-corrected chi connectivity index (χ3v) is 5.71. The lowest BCUT2D eigenvalue weighted by Crippen LogP contribution is -2.48. The van der Waals surface area contributed by atoms with Gasteiger partial charge in [-0.1, -0.05) is 45.9 Å². The Labute approximate surface area is 172 Å². The number of hydrogen-bond acceptors (Lipinski definition) is 5. The first-order chi connectivity index (χ1) is 13.0. The van der Waals surface area contributed by atoms with Crippen molar-refractivity contribution in [3.8, 4) is 11.4 Å². The van der Waals surface area contributed by atoms with Gasteiger partial charge in [0.2, 0.25) is 5.91 Å². The first-order valence-corrected chi connectivity index (χ1v) is 10.6. The highest BCUT2D eigenvalue weighted by Crippen LogP contribution is 2.26. The molecule has 2 unspecified atom stereocenters. The van der Waals surface area contributed by atoms with E-state index in [1.165, 1.54) is 11.8 Å². The Bertz CT molecular complexity index is 799. The Hall–Kier alpha value is -1.64. The topological polar surface area (TPSA) is 60.2 Å². The number of halogens is 1. The molecule has 1 aliphatic heterocycles. The van der Waals surface area contributed by atoms with Crippen LogP contribution in [-0.4, -0.2) is 56.6 Å². The lowest BCUT2D eigenvalue weighted by molar-refractivity contribution is -0.140. The standard InChI is InChI=1S/C19H23BrN4O2S/c1-4-9-24-18(15-5-7-16(20)8-6-15)21-22-19(24)27-12-17(25)23-10-13(2)26-14(3)11-23/h4-8,13-14H,1,9-12H2,2-3H3. The van der Waals surface area contributed by atoms with E-state index in [2.05, 4.69) is 32.7 Å². The maximum Gasteiger partial charge on any atom is 0.233 e. The maximum atomic E-state index is 12.6. The Morgan fingerprint density at radius 1 is 1.30 bits per heavy atom. The van der Waals surface area contributed by atoms with Gasteiger partial charge in [-0.25, -0.2) is 0 Å². The van der Waals surface area contributed by atoms with Crippen molar-refractivity contribution in [2.24, 2.45) is 0 Å². The summed E-state index contributed by atoms with van der Waals surface area (Å²) in [6, 6.07) is 7.92. The fraction of sp³-hybridized carbons (Fsp3) is 0.421. The van der Waals surface area contributed by atoms with Crippen molar-refractivity contribution in [2.75, 3.05) is 18.8 Å². The van der Waals surface area contributed by atoms with Gasteiger partial charge in [-0.2, -0.15) is 0 Å². The van der Waals surface area contributed by atoms with Gasteiger partial charge in [0.25, 0.3) is 0 Å². The van der Waals surface area contributed by atoms with E-state index in [-0.39, 0.29) is 18.1 Å². The minimum atomic E-state index is 0.0659. The van der Waals surface area contributed by atoms with E-state index in [1.54, 1.807) is 0 Å². The number of rotatable bonds is 6. The average Bonchev–Trinajstić information content (AvgIpc) is 3.02. The monoisotopic (exact) mass is 450 g/mol.